The van der Waals surface area contributed by atoms with Gasteiger partial charge in [-0.1, -0.05) is 35.4 Å². The number of imide groups is 1. The maximum absolute atomic E-state index is 12.8. The third kappa shape index (κ3) is 1.62. The highest BCUT2D eigenvalue weighted by Gasteiger charge is 2.67. The van der Waals surface area contributed by atoms with Crippen LogP contribution in [-0.4, -0.2) is 35.2 Å². The minimum atomic E-state index is -1.11. The maximum Gasteiger partial charge on any atom is 0.241 e. The van der Waals surface area contributed by atoms with Gasteiger partial charge in [0.05, 0.1) is 35.3 Å². The summed E-state index contributed by atoms with van der Waals surface area (Å²) in [5, 5.41) is 10.3. The minimum absolute atomic E-state index is 0.269. The second kappa shape index (κ2) is 4.55. The molecule has 3 heterocycles. The van der Waals surface area contributed by atoms with E-state index >= 15 is 0 Å². The number of aliphatic hydroxyl groups is 1. The molecule has 0 spiro atoms. The van der Waals surface area contributed by atoms with Gasteiger partial charge < -0.3 is 9.84 Å². The molecule has 3 aliphatic heterocycles. The average Bonchev–Trinajstić information content (AvgIpc) is 3.14. The monoisotopic (exact) mass is 339 g/mol. The number of halogens is 2. The fraction of sp³-hybridized carbons (Fsp3) is 0.333. The lowest BCUT2D eigenvalue weighted by molar-refractivity contribution is -0.128. The van der Waals surface area contributed by atoms with Crippen LogP contribution in [0.15, 0.2) is 30.4 Å². The molecule has 0 unspecified atom stereocenters. The van der Waals surface area contributed by atoms with Gasteiger partial charge in [0.15, 0.2) is 0 Å². The molecule has 7 heteroatoms. The SMILES string of the molecule is O=C1[C@@H]2[C@@H]3C=C[C@](CO)(O3)[C@@H]2C(=O)N1c1cc(Cl)ccc1Cl. The number of carbonyl (C=O) groups is 2. The molecule has 22 heavy (non-hydrogen) atoms. The highest BCUT2D eigenvalue weighted by molar-refractivity contribution is 6.37. The number of hydrogen-bond acceptors (Lipinski definition) is 4. The van der Waals surface area contributed by atoms with Crippen molar-refractivity contribution in [1.29, 1.82) is 0 Å². The van der Waals surface area contributed by atoms with Crippen molar-refractivity contribution in [2.45, 2.75) is 11.7 Å². The smallest absolute Gasteiger partial charge is 0.241 e. The summed E-state index contributed by atoms with van der Waals surface area (Å²) < 4.78 is 5.67. The van der Waals surface area contributed by atoms with Crippen LogP contribution in [0.1, 0.15) is 0 Å². The topological polar surface area (TPSA) is 66.8 Å². The highest BCUT2D eigenvalue weighted by atomic mass is 35.5. The number of amides is 2. The quantitative estimate of drug-likeness (QED) is 0.659. The Morgan fingerprint density at radius 2 is 2.05 bits per heavy atom. The van der Waals surface area contributed by atoms with Crippen molar-refractivity contribution in [2.24, 2.45) is 11.8 Å². The van der Waals surface area contributed by atoms with Crippen molar-refractivity contribution in [3.63, 3.8) is 0 Å². The third-order valence-corrected chi connectivity index (χ3v) is 5.11. The lowest BCUT2D eigenvalue weighted by Gasteiger charge is -2.26. The number of anilines is 1. The van der Waals surface area contributed by atoms with Crippen molar-refractivity contribution >= 4 is 40.7 Å². The van der Waals surface area contributed by atoms with Gasteiger partial charge in [0.2, 0.25) is 11.8 Å². The van der Waals surface area contributed by atoms with E-state index in [2.05, 4.69) is 0 Å². The van der Waals surface area contributed by atoms with E-state index in [0.29, 0.717) is 5.02 Å². The van der Waals surface area contributed by atoms with Crippen LogP contribution in [0.4, 0.5) is 5.69 Å². The van der Waals surface area contributed by atoms with Gasteiger partial charge in [-0.05, 0) is 18.2 Å². The van der Waals surface area contributed by atoms with Crippen LogP contribution in [0.25, 0.3) is 0 Å². The van der Waals surface area contributed by atoms with E-state index in [4.69, 9.17) is 27.9 Å². The summed E-state index contributed by atoms with van der Waals surface area (Å²) in [6, 6.07) is 4.62. The molecule has 0 saturated carbocycles. The Bertz CT molecular complexity index is 734. The molecule has 114 valence electrons. The number of hydrogen-bond donors (Lipinski definition) is 1. The summed E-state index contributed by atoms with van der Waals surface area (Å²) in [4.78, 5) is 26.6. The van der Waals surface area contributed by atoms with Crippen molar-refractivity contribution in [3.8, 4) is 0 Å². The summed E-state index contributed by atoms with van der Waals surface area (Å²) in [6.07, 6.45) is 2.91. The first-order chi connectivity index (χ1) is 10.5. The second-order valence-electron chi connectivity index (χ2n) is 5.67. The Balaban J connectivity index is 1.81. The number of ether oxygens (including phenoxy) is 1. The Kier molecular flexibility index (Phi) is 2.94. The summed E-state index contributed by atoms with van der Waals surface area (Å²) in [7, 11) is 0. The first kappa shape index (κ1) is 14.2. The van der Waals surface area contributed by atoms with Crippen molar-refractivity contribution in [1.82, 2.24) is 0 Å². The zero-order chi connectivity index (χ0) is 15.6. The summed E-state index contributed by atoms with van der Waals surface area (Å²) in [5.74, 6) is -2.14. The number of nitrogens with zero attached hydrogens (tertiary/aromatic N) is 1. The van der Waals surface area contributed by atoms with Gasteiger partial charge in [0, 0.05) is 5.02 Å². The van der Waals surface area contributed by atoms with E-state index in [0.717, 1.165) is 4.90 Å². The number of fused-ring (bicyclic) bond motifs is 5. The Morgan fingerprint density at radius 1 is 1.27 bits per heavy atom. The predicted octanol–water partition coefficient (Wildman–Crippen LogP) is 1.80. The molecule has 4 atom stereocenters. The van der Waals surface area contributed by atoms with E-state index in [-0.39, 0.29) is 23.2 Å². The van der Waals surface area contributed by atoms with Crippen LogP contribution in [-0.2, 0) is 14.3 Å². The van der Waals surface area contributed by atoms with Crippen molar-refractivity contribution in [3.05, 3.63) is 40.4 Å². The van der Waals surface area contributed by atoms with E-state index in [1.807, 2.05) is 0 Å². The lowest BCUT2D eigenvalue weighted by atomic mass is 9.77. The largest absolute Gasteiger partial charge is 0.393 e. The fourth-order valence-corrected chi connectivity index (χ4v) is 3.95. The predicted molar refractivity (Wildman–Crippen MR) is 79.8 cm³/mol. The van der Waals surface area contributed by atoms with E-state index in [1.54, 1.807) is 24.3 Å². The fourth-order valence-electron chi connectivity index (χ4n) is 3.58. The third-order valence-electron chi connectivity index (χ3n) is 4.55. The van der Waals surface area contributed by atoms with E-state index in [1.165, 1.54) is 6.07 Å². The van der Waals surface area contributed by atoms with Gasteiger partial charge in [-0.3, -0.25) is 9.59 Å². The molecule has 5 nitrogen and oxygen atoms in total. The van der Waals surface area contributed by atoms with Crippen LogP contribution in [0, 0.1) is 11.8 Å². The normalized spacial score (nSPS) is 35.6. The van der Waals surface area contributed by atoms with Gasteiger partial charge >= 0.3 is 0 Å². The van der Waals surface area contributed by atoms with Crippen LogP contribution < -0.4 is 4.90 Å². The first-order valence-electron chi connectivity index (χ1n) is 6.79. The van der Waals surface area contributed by atoms with Crippen LogP contribution in [0.3, 0.4) is 0 Å². The van der Waals surface area contributed by atoms with Gasteiger partial charge in [-0.15, -0.1) is 0 Å². The van der Waals surface area contributed by atoms with E-state index < -0.39 is 29.4 Å². The standard InChI is InChI=1S/C15H11Cl2NO4/c16-7-1-2-8(17)9(5-7)18-13(20)11-10-3-4-15(6-19,22-10)12(11)14(18)21/h1-5,10-12,19H,6H2/t10-,11+,12-,15+/m0/s1. The Labute approximate surface area is 136 Å². The maximum atomic E-state index is 12.8. The molecule has 2 saturated heterocycles. The number of carbonyl (C=O) groups excluding carboxylic acids is 2. The van der Waals surface area contributed by atoms with E-state index in [9.17, 15) is 14.7 Å². The molecule has 1 aromatic rings. The van der Waals surface area contributed by atoms with Crippen LogP contribution in [0.5, 0.6) is 0 Å². The molecule has 1 N–H and O–H groups in total. The highest BCUT2D eigenvalue weighted by Crippen LogP contribution is 2.52. The number of benzene rings is 1. The van der Waals surface area contributed by atoms with Crippen LogP contribution in [0.2, 0.25) is 10.0 Å². The molecular formula is C15H11Cl2NO4. The molecule has 2 amide bonds. The minimum Gasteiger partial charge on any atom is -0.393 e. The molecule has 2 fully saturated rings. The van der Waals surface area contributed by atoms with Crippen molar-refractivity contribution < 1.29 is 19.4 Å². The van der Waals surface area contributed by atoms with Gasteiger partial charge in [-0.25, -0.2) is 4.90 Å². The molecule has 0 radical (unpaired) electrons. The molecule has 1 aromatic carbocycles. The second-order valence-corrected chi connectivity index (χ2v) is 6.51. The Hall–Kier alpha value is -1.40. The lowest BCUT2D eigenvalue weighted by Crippen LogP contribution is -2.43. The van der Waals surface area contributed by atoms with Crippen LogP contribution >= 0.6 is 23.2 Å². The summed E-state index contributed by atoms with van der Waals surface area (Å²) >= 11 is 12.1. The van der Waals surface area contributed by atoms with Gasteiger partial charge in [0.1, 0.15) is 5.60 Å². The van der Waals surface area contributed by atoms with Gasteiger partial charge in [0.25, 0.3) is 0 Å². The average molecular weight is 340 g/mol. The molecule has 2 bridgehead atoms. The molecular weight excluding hydrogens is 329 g/mol. The Morgan fingerprint density at radius 3 is 2.77 bits per heavy atom. The first-order valence-corrected chi connectivity index (χ1v) is 7.55. The van der Waals surface area contributed by atoms with Crippen molar-refractivity contribution in [2.75, 3.05) is 11.5 Å². The summed E-state index contributed by atoms with van der Waals surface area (Å²) in [5.41, 5.74) is -0.840. The zero-order valence-electron chi connectivity index (χ0n) is 11.2. The number of rotatable bonds is 2. The zero-order valence-corrected chi connectivity index (χ0v) is 12.7. The molecule has 4 rings (SSSR count). The summed E-state index contributed by atoms with van der Waals surface area (Å²) in [6.45, 7) is -0.350. The number of aliphatic hydroxyl groups excluding tert-OH is 1. The molecule has 3 aliphatic rings. The molecule has 0 aliphatic carbocycles. The van der Waals surface area contributed by atoms with Gasteiger partial charge in [-0.2, -0.15) is 0 Å². The molecule has 0 aromatic heterocycles.